The number of benzene rings is 1. The zero-order valence-electron chi connectivity index (χ0n) is 8.29. The summed E-state index contributed by atoms with van der Waals surface area (Å²) in [4.78, 5) is 8.20. The summed E-state index contributed by atoms with van der Waals surface area (Å²) in [5, 5.41) is 10.6. The molecule has 0 aliphatic heterocycles. The molecule has 2 aromatic heterocycles. The molecule has 0 aliphatic rings. The molecule has 0 unspecified atom stereocenters. The molecule has 0 saturated carbocycles. The fourth-order valence-electron chi connectivity index (χ4n) is 1.68. The van der Waals surface area contributed by atoms with E-state index in [9.17, 15) is 5.11 Å². The Morgan fingerprint density at radius 1 is 1.00 bits per heavy atom. The maximum Gasteiger partial charge on any atom is 0.294 e. The van der Waals surface area contributed by atoms with Gasteiger partial charge in [-0.05, 0) is 12.1 Å². The minimum atomic E-state index is -0.146. The summed E-state index contributed by atoms with van der Waals surface area (Å²) in [5.41, 5.74) is 1.17. The minimum absolute atomic E-state index is 0.146. The molecule has 0 spiro atoms. The van der Waals surface area contributed by atoms with Crippen LogP contribution in [0.1, 0.15) is 0 Å². The van der Waals surface area contributed by atoms with Crippen molar-refractivity contribution in [2.24, 2.45) is 0 Å². The van der Waals surface area contributed by atoms with Gasteiger partial charge in [0.25, 0.3) is 5.95 Å². The number of fused-ring (bicyclic) bond motifs is 1. The van der Waals surface area contributed by atoms with Gasteiger partial charge in [-0.2, -0.15) is 0 Å². The monoisotopic (exact) mass is 212 g/mol. The van der Waals surface area contributed by atoms with Crippen LogP contribution in [0, 0.1) is 0 Å². The van der Waals surface area contributed by atoms with E-state index in [-0.39, 0.29) is 5.95 Å². The Kier molecular flexibility index (Phi) is 1.86. The average molecular weight is 212 g/mol. The number of aromatic hydroxyl groups is 1. The Labute approximate surface area is 91.2 Å². The SMILES string of the molecule is Oc1oc2ccccc2c1-c1ncccn1. The fraction of sp³-hybridized carbons (Fsp3) is 0. The van der Waals surface area contributed by atoms with E-state index in [4.69, 9.17) is 4.42 Å². The molecule has 3 aromatic rings. The first-order valence-corrected chi connectivity index (χ1v) is 4.84. The van der Waals surface area contributed by atoms with E-state index in [0.717, 1.165) is 5.39 Å². The second-order valence-corrected chi connectivity index (χ2v) is 3.35. The molecule has 0 aliphatic carbocycles. The van der Waals surface area contributed by atoms with Crippen molar-refractivity contribution in [3.8, 4) is 17.3 Å². The highest BCUT2D eigenvalue weighted by molar-refractivity contribution is 5.95. The Balaban J connectivity index is 2.35. The smallest absolute Gasteiger partial charge is 0.294 e. The van der Waals surface area contributed by atoms with Crippen molar-refractivity contribution in [2.75, 3.05) is 0 Å². The molecular formula is C12H8N2O2. The fourth-order valence-corrected chi connectivity index (χ4v) is 1.68. The van der Waals surface area contributed by atoms with Gasteiger partial charge in [0, 0.05) is 17.8 Å². The van der Waals surface area contributed by atoms with Crippen LogP contribution in [-0.2, 0) is 0 Å². The van der Waals surface area contributed by atoms with Crippen molar-refractivity contribution in [3.05, 3.63) is 42.7 Å². The molecule has 0 bridgehead atoms. The van der Waals surface area contributed by atoms with Crippen LogP contribution in [0.5, 0.6) is 5.95 Å². The molecule has 0 saturated heterocycles. The standard InChI is InChI=1S/C12H8N2O2/c15-12-10(11-13-6-3-7-14-11)8-4-1-2-5-9(8)16-12/h1-7,15H. The molecule has 1 aromatic carbocycles. The van der Waals surface area contributed by atoms with Crippen molar-refractivity contribution in [2.45, 2.75) is 0 Å². The van der Waals surface area contributed by atoms with Crippen molar-refractivity contribution < 1.29 is 9.52 Å². The minimum Gasteiger partial charge on any atom is -0.480 e. The number of nitrogens with zero attached hydrogens (tertiary/aromatic N) is 2. The lowest BCUT2D eigenvalue weighted by atomic mass is 10.1. The highest BCUT2D eigenvalue weighted by Gasteiger charge is 2.16. The van der Waals surface area contributed by atoms with E-state index < -0.39 is 0 Å². The third kappa shape index (κ3) is 1.24. The molecule has 0 atom stereocenters. The second kappa shape index (κ2) is 3.34. The topological polar surface area (TPSA) is 59.2 Å². The zero-order valence-corrected chi connectivity index (χ0v) is 8.29. The van der Waals surface area contributed by atoms with Gasteiger partial charge in [-0.15, -0.1) is 0 Å². The molecule has 1 N–H and O–H groups in total. The predicted octanol–water partition coefficient (Wildman–Crippen LogP) is 2.60. The summed E-state index contributed by atoms with van der Waals surface area (Å²) < 4.78 is 5.23. The molecule has 2 heterocycles. The summed E-state index contributed by atoms with van der Waals surface area (Å²) in [7, 11) is 0. The van der Waals surface area contributed by atoms with Crippen molar-refractivity contribution >= 4 is 11.0 Å². The molecule has 3 rings (SSSR count). The lowest BCUT2D eigenvalue weighted by Crippen LogP contribution is -1.85. The zero-order chi connectivity index (χ0) is 11.0. The van der Waals surface area contributed by atoms with Crippen LogP contribution < -0.4 is 0 Å². The van der Waals surface area contributed by atoms with E-state index in [1.54, 1.807) is 24.5 Å². The van der Waals surface area contributed by atoms with E-state index in [1.165, 1.54) is 0 Å². The van der Waals surface area contributed by atoms with Gasteiger partial charge < -0.3 is 9.52 Å². The third-order valence-electron chi connectivity index (χ3n) is 2.37. The lowest BCUT2D eigenvalue weighted by molar-refractivity contribution is 0.348. The average Bonchev–Trinajstić information content (AvgIpc) is 2.66. The predicted molar refractivity (Wildman–Crippen MR) is 58.9 cm³/mol. The van der Waals surface area contributed by atoms with Crippen LogP contribution in [0.4, 0.5) is 0 Å². The van der Waals surface area contributed by atoms with E-state index >= 15 is 0 Å². The number of hydrogen-bond donors (Lipinski definition) is 1. The molecule has 4 nitrogen and oxygen atoms in total. The van der Waals surface area contributed by atoms with Crippen molar-refractivity contribution in [1.82, 2.24) is 9.97 Å². The summed E-state index contributed by atoms with van der Waals surface area (Å²) in [6, 6.07) is 9.11. The van der Waals surface area contributed by atoms with E-state index in [0.29, 0.717) is 17.0 Å². The molecular weight excluding hydrogens is 204 g/mol. The summed E-state index contributed by atoms with van der Waals surface area (Å²) in [6.45, 7) is 0. The first-order chi connectivity index (χ1) is 7.86. The van der Waals surface area contributed by atoms with Crippen LogP contribution in [0.2, 0.25) is 0 Å². The largest absolute Gasteiger partial charge is 0.480 e. The molecule has 16 heavy (non-hydrogen) atoms. The summed E-state index contributed by atoms with van der Waals surface area (Å²) >= 11 is 0. The van der Waals surface area contributed by atoms with Crippen LogP contribution in [0.3, 0.4) is 0 Å². The molecule has 0 amide bonds. The van der Waals surface area contributed by atoms with Crippen LogP contribution >= 0.6 is 0 Å². The van der Waals surface area contributed by atoms with Crippen molar-refractivity contribution in [3.63, 3.8) is 0 Å². The Bertz CT molecular complexity index is 632. The molecule has 78 valence electrons. The highest BCUT2D eigenvalue weighted by atomic mass is 16.5. The van der Waals surface area contributed by atoms with Gasteiger partial charge in [0.05, 0.1) is 0 Å². The van der Waals surface area contributed by atoms with Crippen molar-refractivity contribution in [1.29, 1.82) is 0 Å². The maximum atomic E-state index is 9.74. The van der Waals surface area contributed by atoms with Crippen LogP contribution in [-0.4, -0.2) is 15.1 Å². The summed E-state index contributed by atoms with van der Waals surface area (Å²) in [6.07, 6.45) is 3.26. The first kappa shape index (κ1) is 8.91. The van der Waals surface area contributed by atoms with Gasteiger partial charge in [0.1, 0.15) is 11.1 Å². The lowest BCUT2D eigenvalue weighted by Gasteiger charge is -1.95. The Morgan fingerprint density at radius 3 is 2.56 bits per heavy atom. The second-order valence-electron chi connectivity index (χ2n) is 3.35. The quantitative estimate of drug-likeness (QED) is 0.673. The number of para-hydroxylation sites is 1. The Morgan fingerprint density at radius 2 is 1.75 bits per heavy atom. The number of aromatic nitrogens is 2. The maximum absolute atomic E-state index is 9.74. The van der Waals surface area contributed by atoms with Gasteiger partial charge >= 0.3 is 0 Å². The van der Waals surface area contributed by atoms with Gasteiger partial charge in [0.15, 0.2) is 5.82 Å². The van der Waals surface area contributed by atoms with Crippen LogP contribution in [0.15, 0.2) is 47.1 Å². The number of furan rings is 1. The molecule has 4 heteroatoms. The van der Waals surface area contributed by atoms with Gasteiger partial charge in [-0.25, -0.2) is 9.97 Å². The van der Waals surface area contributed by atoms with E-state index in [2.05, 4.69) is 9.97 Å². The first-order valence-electron chi connectivity index (χ1n) is 4.84. The third-order valence-corrected chi connectivity index (χ3v) is 2.37. The normalized spacial score (nSPS) is 10.8. The van der Waals surface area contributed by atoms with Gasteiger partial charge in [-0.3, -0.25) is 0 Å². The van der Waals surface area contributed by atoms with Crippen LogP contribution in [0.25, 0.3) is 22.4 Å². The highest BCUT2D eigenvalue weighted by Crippen LogP contribution is 2.36. The molecule has 0 radical (unpaired) electrons. The molecule has 0 fully saturated rings. The number of rotatable bonds is 1. The summed E-state index contributed by atoms with van der Waals surface area (Å²) in [5.74, 6) is 0.317. The van der Waals surface area contributed by atoms with Gasteiger partial charge in [0.2, 0.25) is 0 Å². The van der Waals surface area contributed by atoms with Gasteiger partial charge in [-0.1, -0.05) is 18.2 Å². The van der Waals surface area contributed by atoms with E-state index in [1.807, 2.05) is 18.2 Å². The Hall–Kier alpha value is -2.36. The number of hydrogen-bond acceptors (Lipinski definition) is 4.